The minimum Gasteiger partial charge on any atom is -0.461 e. The summed E-state index contributed by atoms with van der Waals surface area (Å²) >= 11 is 0. The third-order valence-corrected chi connectivity index (χ3v) is 2.32. The van der Waals surface area contributed by atoms with E-state index in [0.717, 1.165) is 0 Å². The van der Waals surface area contributed by atoms with E-state index in [1.165, 1.54) is 0 Å². The summed E-state index contributed by atoms with van der Waals surface area (Å²) in [6.45, 7) is 7.94. The molecule has 0 saturated heterocycles. The fraction of sp³-hybridized carbons (Fsp3) is 0.727. The zero-order valence-corrected chi connectivity index (χ0v) is 11.7. The molecule has 5 N–H and O–H groups in total. The van der Waals surface area contributed by atoms with Crippen molar-refractivity contribution in [3.8, 4) is 6.01 Å². The van der Waals surface area contributed by atoms with Crippen LogP contribution < -0.4 is 21.3 Å². The van der Waals surface area contributed by atoms with E-state index in [0.29, 0.717) is 12.5 Å². The van der Waals surface area contributed by atoms with Gasteiger partial charge in [0.25, 0.3) is 0 Å². The summed E-state index contributed by atoms with van der Waals surface area (Å²) in [7, 11) is 0. The molecule has 1 aromatic rings. The largest absolute Gasteiger partial charge is 0.461 e. The fourth-order valence-electron chi connectivity index (χ4n) is 1.20. The van der Waals surface area contributed by atoms with Crippen LogP contribution in [0.4, 0.5) is 11.9 Å². The van der Waals surface area contributed by atoms with E-state index < -0.39 is 6.10 Å². The number of anilines is 2. The molecule has 0 spiro atoms. The summed E-state index contributed by atoms with van der Waals surface area (Å²) in [6, 6.07) is 0.180. The number of aliphatic hydroxyl groups is 1. The predicted molar refractivity (Wildman–Crippen MR) is 72.7 cm³/mol. The molecule has 8 nitrogen and oxygen atoms in total. The molecule has 0 aromatic carbocycles. The van der Waals surface area contributed by atoms with Crippen molar-refractivity contribution >= 4 is 11.9 Å². The Morgan fingerprint density at radius 3 is 2.32 bits per heavy atom. The fourth-order valence-corrected chi connectivity index (χ4v) is 1.20. The molecule has 1 atom stereocenters. The van der Waals surface area contributed by atoms with Crippen molar-refractivity contribution in [3.63, 3.8) is 0 Å². The summed E-state index contributed by atoms with van der Waals surface area (Å²) in [4.78, 5) is 12.1. The van der Waals surface area contributed by atoms with Crippen LogP contribution in [0, 0.1) is 5.92 Å². The molecule has 0 radical (unpaired) electrons. The number of hydrogen-bond acceptors (Lipinski definition) is 8. The van der Waals surface area contributed by atoms with Crippen LogP contribution in [0.1, 0.15) is 27.7 Å². The maximum Gasteiger partial charge on any atom is 0.323 e. The van der Waals surface area contributed by atoms with Crippen LogP contribution in [0.2, 0.25) is 0 Å². The lowest BCUT2D eigenvalue weighted by molar-refractivity contribution is 0.137. The van der Waals surface area contributed by atoms with Gasteiger partial charge in [-0.15, -0.1) is 0 Å². The first-order chi connectivity index (χ1) is 8.92. The van der Waals surface area contributed by atoms with Gasteiger partial charge in [-0.2, -0.15) is 15.0 Å². The molecule has 108 valence electrons. The zero-order valence-electron chi connectivity index (χ0n) is 11.7. The van der Waals surface area contributed by atoms with Gasteiger partial charge in [-0.3, -0.25) is 5.43 Å². The van der Waals surface area contributed by atoms with E-state index in [2.05, 4.69) is 25.7 Å². The Morgan fingerprint density at radius 1 is 1.16 bits per heavy atom. The molecule has 0 aliphatic heterocycles. The summed E-state index contributed by atoms with van der Waals surface area (Å²) in [6.07, 6.45) is -0.539. The molecule has 8 heteroatoms. The molecule has 0 aliphatic rings. The van der Waals surface area contributed by atoms with Crippen LogP contribution in [-0.2, 0) is 0 Å². The zero-order chi connectivity index (χ0) is 14.4. The third kappa shape index (κ3) is 5.23. The van der Waals surface area contributed by atoms with Gasteiger partial charge in [0, 0.05) is 6.54 Å². The van der Waals surface area contributed by atoms with Crippen LogP contribution in [0.15, 0.2) is 0 Å². The Hall–Kier alpha value is -1.67. The lowest BCUT2D eigenvalue weighted by atomic mass is 10.1. The Kier molecular flexibility index (Phi) is 5.71. The normalized spacial score (nSPS) is 12.6. The van der Waals surface area contributed by atoms with Crippen LogP contribution in [0.25, 0.3) is 0 Å². The number of nitrogens with one attached hydrogen (secondary N) is 2. The van der Waals surface area contributed by atoms with Crippen LogP contribution in [-0.4, -0.2) is 38.8 Å². The second kappa shape index (κ2) is 7.05. The Bertz CT molecular complexity index is 399. The third-order valence-electron chi connectivity index (χ3n) is 2.32. The van der Waals surface area contributed by atoms with E-state index in [1.807, 2.05) is 27.7 Å². The van der Waals surface area contributed by atoms with E-state index in [9.17, 15) is 5.11 Å². The SMILES string of the molecule is CC(C)Oc1nc(NN)nc(NCC(O)C(C)C)n1. The van der Waals surface area contributed by atoms with Crippen LogP contribution >= 0.6 is 0 Å². The molecule has 0 bridgehead atoms. The van der Waals surface area contributed by atoms with E-state index in [4.69, 9.17) is 10.6 Å². The van der Waals surface area contributed by atoms with Gasteiger partial charge in [0.05, 0.1) is 12.2 Å². The van der Waals surface area contributed by atoms with E-state index in [-0.39, 0.29) is 24.0 Å². The van der Waals surface area contributed by atoms with Gasteiger partial charge < -0.3 is 15.2 Å². The number of nitrogens with zero attached hydrogens (tertiary/aromatic N) is 3. The second-order valence-electron chi connectivity index (χ2n) is 4.77. The number of nitrogen functional groups attached to an aromatic ring is 1. The van der Waals surface area contributed by atoms with Gasteiger partial charge in [-0.25, -0.2) is 5.84 Å². The molecule has 1 aromatic heterocycles. The van der Waals surface area contributed by atoms with Gasteiger partial charge in [0.1, 0.15) is 0 Å². The molecule has 0 aliphatic carbocycles. The van der Waals surface area contributed by atoms with Crippen molar-refractivity contribution < 1.29 is 9.84 Å². The van der Waals surface area contributed by atoms with Crippen molar-refractivity contribution in [2.45, 2.75) is 39.9 Å². The first kappa shape index (κ1) is 15.4. The first-order valence-electron chi connectivity index (χ1n) is 6.23. The lowest BCUT2D eigenvalue weighted by Crippen LogP contribution is -2.26. The van der Waals surface area contributed by atoms with Gasteiger partial charge in [-0.1, -0.05) is 13.8 Å². The molecular formula is C11H22N6O2. The lowest BCUT2D eigenvalue weighted by Gasteiger charge is -2.15. The van der Waals surface area contributed by atoms with Gasteiger partial charge in [0.2, 0.25) is 11.9 Å². The van der Waals surface area contributed by atoms with Gasteiger partial charge in [-0.05, 0) is 19.8 Å². The molecule has 0 fully saturated rings. The highest BCUT2D eigenvalue weighted by molar-refractivity contribution is 5.35. The monoisotopic (exact) mass is 270 g/mol. The maximum absolute atomic E-state index is 9.72. The van der Waals surface area contributed by atoms with Crippen molar-refractivity contribution in [2.24, 2.45) is 11.8 Å². The first-order valence-corrected chi connectivity index (χ1v) is 6.23. The van der Waals surface area contributed by atoms with Crippen LogP contribution in [0.3, 0.4) is 0 Å². The Balaban J connectivity index is 2.76. The Labute approximate surface area is 112 Å². The summed E-state index contributed by atoms with van der Waals surface area (Å²) in [5.41, 5.74) is 2.35. The number of hydrazine groups is 1. The topological polar surface area (TPSA) is 118 Å². The number of aromatic nitrogens is 3. The average molecular weight is 270 g/mol. The van der Waals surface area contributed by atoms with Gasteiger partial charge >= 0.3 is 6.01 Å². The minimum atomic E-state index is -0.486. The quantitative estimate of drug-likeness (QED) is 0.414. The van der Waals surface area contributed by atoms with Crippen molar-refractivity contribution in [1.82, 2.24) is 15.0 Å². The number of rotatable bonds is 7. The predicted octanol–water partition coefficient (Wildman–Crippen LogP) is 0.373. The number of nitrogens with two attached hydrogens (primary N) is 1. The van der Waals surface area contributed by atoms with E-state index in [1.54, 1.807) is 0 Å². The molecule has 1 unspecified atom stereocenters. The smallest absolute Gasteiger partial charge is 0.323 e. The summed E-state index contributed by atoms with van der Waals surface area (Å²) < 4.78 is 5.39. The van der Waals surface area contributed by atoms with Gasteiger partial charge in [0.15, 0.2) is 0 Å². The Morgan fingerprint density at radius 2 is 1.79 bits per heavy atom. The van der Waals surface area contributed by atoms with Crippen molar-refractivity contribution in [1.29, 1.82) is 0 Å². The van der Waals surface area contributed by atoms with E-state index >= 15 is 0 Å². The number of ether oxygens (including phenoxy) is 1. The highest BCUT2D eigenvalue weighted by Crippen LogP contribution is 2.12. The number of aliphatic hydroxyl groups excluding tert-OH is 1. The highest BCUT2D eigenvalue weighted by atomic mass is 16.5. The van der Waals surface area contributed by atoms with Crippen molar-refractivity contribution in [3.05, 3.63) is 0 Å². The molecule has 1 heterocycles. The highest BCUT2D eigenvalue weighted by Gasteiger charge is 2.12. The molecule has 0 saturated carbocycles. The van der Waals surface area contributed by atoms with Crippen molar-refractivity contribution in [2.75, 3.05) is 17.3 Å². The maximum atomic E-state index is 9.72. The molecular weight excluding hydrogens is 248 g/mol. The molecule has 0 amide bonds. The van der Waals surface area contributed by atoms with Crippen LogP contribution in [0.5, 0.6) is 6.01 Å². The number of hydrogen-bond donors (Lipinski definition) is 4. The molecule has 1 rings (SSSR count). The standard InChI is InChI=1S/C11H22N6O2/c1-6(2)8(18)5-13-9-14-10(17-12)16-11(15-9)19-7(3)4/h6-8,18H,5,12H2,1-4H3,(H2,13,14,15,16,17). The summed E-state index contributed by atoms with van der Waals surface area (Å²) in [5.74, 6) is 5.94. The second-order valence-corrected chi connectivity index (χ2v) is 4.77. The average Bonchev–Trinajstić information content (AvgIpc) is 2.34. The molecule has 19 heavy (non-hydrogen) atoms. The minimum absolute atomic E-state index is 0.0536. The summed E-state index contributed by atoms with van der Waals surface area (Å²) in [5, 5.41) is 12.7.